The molecule has 2 aromatic rings. The summed E-state index contributed by atoms with van der Waals surface area (Å²) in [5.74, 6) is -0.414. The minimum Gasteiger partial charge on any atom is -0.480 e. The van der Waals surface area contributed by atoms with Crippen LogP contribution in [0.3, 0.4) is 0 Å². The molecule has 2 rings (SSSR count). The Hall–Kier alpha value is -2.13. The lowest BCUT2D eigenvalue weighted by Gasteiger charge is -2.16. The number of carbonyl (C=O) groups is 1. The minimum absolute atomic E-state index is 0.444. The molecule has 21 heavy (non-hydrogen) atoms. The Labute approximate surface area is 125 Å². The van der Waals surface area contributed by atoms with Crippen molar-refractivity contribution in [2.75, 3.05) is 0 Å². The first-order chi connectivity index (χ1) is 10.1. The van der Waals surface area contributed by atoms with E-state index in [1.807, 2.05) is 54.6 Å². The van der Waals surface area contributed by atoms with Crippen LogP contribution in [0.5, 0.6) is 0 Å². The second kappa shape index (κ2) is 7.04. The van der Waals surface area contributed by atoms with Crippen molar-refractivity contribution in [2.45, 2.75) is 32.4 Å². The fourth-order valence-corrected chi connectivity index (χ4v) is 2.24. The molecule has 0 aliphatic carbocycles. The highest BCUT2D eigenvalue weighted by Gasteiger charge is 2.19. The molecular weight excluding hydrogens is 262 g/mol. The summed E-state index contributed by atoms with van der Waals surface area (Å²) in [6, 6.07) is 16.9. The smallest absolute Gasteiger partial charge is 0.325 e. The van der Waals surface area contributed by atoms with Crippen molar-refractivity contribution in [1.29, 1.82) is 0 Å². The normalized spacial score (nSPS) is 12.3. The molecule has 0 saturated heterocycles. The molecule has 110 valence electrons. The second-order valence-electron chi connectivity index (χ2n) is 5.46. The van der Waals surface area contributed by atoms with Gasteiger partial charge in [0.15, 0.2) is 0 Å². The lowest BCUT2D eigenvalue weighted by Crippen LogP contribution is -2.28. The van der Waals surface area contributed by atoms with Gasteiger partial charge in [0.2, 0.25) is 0 Å². The van der Waals surface area contributed by atoms with Gasteiger partial charge in [-0.3, -0.25) is 10.1 Å². The molecule has 2 N–H and O–H groups in total. The standard InChI is InChI=1S/C18H21NO2/c1-13(2)15-8-10-16(11-9-15)17(18(20)21)19-12-14-6-4-3-5-7-14/h3-11,13,17,19H,12H2,1-2H3,(H,20,21). The average molecular weight is 283 g/mol. The van der Waals surface area contributed by atoms with Gasteiger partial charge in [0, 0.05) is 6.54 Å². The van der Waals surface area contributed by atoms with E-state index in [1.54, 1.807) is 0 Å². The Morgan fingerprint density at radius 1 is 1.00 bits per heavy atom. The quantitative estimate of drug-likeness (QED) is 0.849. The van der Waals surface area contributed by atoms with Crippen LogP contribution >= 0.6 is 0 Å². The molecule has 0 heterocycles. The fourth-order valence-electron chi connectivity index (χ4n) is 2.24. The van der Waals surface area contributed by atoms with E-state index >= 15 is 0 Å². The number of carboxylic acid groups (broad SMARTS) is 1. The summed E-state index contributed by atoms with van der Waals surface area (Å²) in [7, 11) is 0. The van der Waals surface area contributed by atoms with E-state index in [-0.39, 0.29) is 0 Å². The maximum atomic E-state index is 11.5. The average Bonchev–Trinajstić information content (AvgIpc) is 2.48. The molecule has 0 bridgehead atoms. The van der Waals surface area contributed by atoms with Gasteiger partial charge >= 0.3 is 5.97 Å². The van der Waals surface area contributed by atoms with Crippen LogP contribution in [0, 0.1) is 0 Å². The number of rotatable bonds is 6. The lowest BCUT2D eigenvalue weighted by molar-refractivity contribution is -0.139. The number of aliphatic carboxylic acids is 1. The van der Waals surface area contributed by atoms with Gasteiger partial charge in [-0.25, -0.2) is 0 Å². The van der Waals surface area contributed by atoms with Crippen molar-refractivity contribution in [3.63, 3.8) is 0 Å². The Bertz CT molecular complexity index is 576. The van der Waals surface area contributed by atoms with Crippen LogP contribution in [-0.2, 0) is 11.3 Å². The van der Waals surface area contributed by atoms with E-state index in [9.17, 15) is 9.90 Å². The highest BCUT2D eigenvalue weighted by atomic mass is 16.4. The Kier molecular flexibility index (Phi) is 5.12. The molecule has 0 radical (unpaired) electrons. The number of benzene rings is 2. The maximum absolute atomic E-state index is 11.5. The molecule has 0 amide bonds. The van der Waals surface area contributed by atoms with Gasteiger partial charge in [0.25, 0.3) is 0 Å². The summed E-state index contributed by atoms with van der Waals surface area (Å²) in [5, 5.41) is 12.5. The summed E-state index contributed by atoms with van der Waals surface area (Å²) >= 11 is 0. The first kappa shape index (κ1) is 15.3. The Morgan fingerprint density at radius 2 is 1.57 bits per heavy atom. The van der Waals surface area contributed by atoms with Crippen molar-refractivity contribution in [3.05, 3.63) is 71.3 Å². The van der Waals surface area contributed by atoms with Crippen LogP contribution in [0.15, 0.2) is 54.6 Å². The van der Waals surface area contributed by atoms with Crippen LogP contribution in [-0.4, -0.2) is 11.1 Å². The van der Waals surface area contributed by atoms with E-state index in [4.69, 9.17) is 0 Å². The zero-order valence-electron chi connectivity index (χ0n) is 12.4. The number of hydrogen-bond acceptors (Lipinski definition) is 2. The summed E-state index contributed by atoms with van der Waals surface area (Å²) in [6.45, 7) is 4.78. The third-order valence-electron chi connectivity index (χ3n) is 3.54. The fraction of sp³-hybridized carbons (Fsp3) is 0.278. The molecule has 0 saturated carbocycles. The SMILES string of the molecule is CC(C)c1ccc(C(NCc2ccccc2)C(=O)O)cc1. The van der Waals surface area contributed by atoms with E-state index in [0.717, 1.165) is 11.1 Å². The molecule has 1 unspecified atom stereocenters. The Balaban J connectivity index is 2.10. The maximum Gasteiger partial charge on any atom is 0.325 e. The van der Waals surface area contributed by atoms with E-state index in [2.05, 4.69) is 19.2 Å². The third kappa shape index (κ3) is 4.17. The van der Waals surface area contributed by atoms with Gasteiger partial charge in [-0.15, -0.1) is 0 Å². The topological polar surface area (TPSA) is 49.3 Å². The zero-order valence-corrected chi connectivity index (χ0v) is 12.4. The monoisotopic (exact) mass is 283 g/mol. The molecule has 3 nitrogen and oxygen atoms in total. The summed E-state index contributed by atoms with van der Waals surface area (Å²) < 4.78 is 0. The van der Waals surface area contributed by atoms with Crippen molar-refractivity contribution >= 4 is 5.97 Å². The first-order valence-corrected chi connectivity index (χ1v) is 7.18. The molecule has 0 spiro atoms. The van der Waals surface area contributed by atoms with Crippen molar-refractivity contribution in [1.82, 2.24) is 5.32 Å². The first-order valence-electron chi connectivity index (χ1n) is 7.18. The number of carboxylic acids is 1. The van der Waals surface area contributed by atoms with Gasteiger partial charge < -0.3 is 5.11 Å². The van der Waals surface area contributed by atoms with Gasteiger partial charge in [-0.1, -0.05) is 68.4 Å². The molecule has 0 aliphatic heterocycles. The molecule has 2 aromatic carbocycles. The summed E-state index contributed by atoms with van der Waals surface area (Å²) in [4.78, 5) is 11.5. The van der Waals surface area contributed by atoms with Crippen LogP contribution < -0.4 is 5.32 Å². The van der Waals surface area contributed by atoms with Crippen LogP contribution in [0.4, 0.5) is 0 Å². The van der Waals surface area contributed by atoms with Gasteiger partial charge in [-0.05, 0) is 22.6 Å². The molecule has 1 atom stereocenters. The number of nitrogens with one attached hydrogen (secondary N) is 1. The largest absolute Gasteiger partial charge is 0.480 e. The predicted molar refractivity (Wildman–Crippen MR) is 84.2 cm³/mol. The zero-order chi connectivity index (χ0) is 15.2. The van der Waals surface area contributed by atoms with Gasteiger partial charge in [-0.2, -0.15) is 0 Å². The highest BCUT2D eigenvalue weighted by Crippen LogP contribution is 2.19. The van der Waals surface area contributed by atoms with Gasteiger partial charge in [0.1, 0.15) is 6.04 Å². The van der Waals surface area contributed by atoms with Gasteiger partial charge in [0.05, 0.1) is 0 Å². The van der Waals surface area contributed by atoms with Crippen molar-refractivity contribution in [2.24, 2.45) is 0 Å². The molecule has 0 fully saturated rings. The van der Waals surface area contributed by atoms with E-state index in [1.165, 1.54) is 5.56 Å². The van der Waals surface area contributed by atoms with Crippen molar-refractivity contribution < 1.29 is 9.90 Å². The molecule has 0 aliphatic rings. The van der Waals surface area contributed by atoms with Crippen molar-refractivity contribution in [3.8, 4) is 0 Å². The number of hydrogen-bond donors (Lipinski definition) is 2. The molecular formula is C18H21NO2. The van der Waals surface area contributed by atoms with E-state index < -0.39 is 12.0 Å². The lowest BCUT2D eigenvalue weighted by atomic mass is 9.99. The second-order valence-corrected chi connectivity index (χ2v) is 5.46. The van der Waals surface area contributed by atoms with Crippen LogP contribution in [0.25, 0.3) is 0 Å². The Morgan fingerprint density at radius 3 is 2.10 bits per heavy atom. The van der Waals surface area contributed by atoms with Crippen LogP contribution in [0.2, 0.25) is 0 Å². The predicted octanol–water partition coefficient (Wildman–Crippen LogP) is 3.73. The minimum atomic E-state index is -0.858. The third-order valence-corrected chi connectivity index (χ3v) is 3.54. The van der Waals surface area contributed by atoms with Crippen LogP contribution in [0.1, 0.15) is 42.5 Å². The summed E-state index contributed by atoms with van der Waals surface area (Å²) in [6.07, 6.45) is 0. The molecule has 3 heteroatoms. The molecule has 0 aromatic heterocycles. The highest BCUT2D eigenvalue weighted by molar-refractivity contribution is 5.75. The summed E-state index contributed by atoms with van der Waals surface area (Å²) in [5.41, 5.74) is 3.07. The van der Waals surface area contributed by atoms with E-state index in [0.29, 0.717) is 12.5 Å².